The van der Waals surface area contributed by atoms with E-state index in [4.69, 9.17) is 14.2 Å². The van der Waals surface area contributed by atoms with Gasteiger partial charge in [0.25, 0.3) is 0 Å². The van der Waals surface area contributed by atoms with E-state index < -0.39 is 6.10 Å². The average molecular weight is 914 g/mol. The van der Waals surface area contributed by atoms with Gasteiger partial charge in [0.05, 0.1) is 0 Å². The number of unbranched alkanes of at least 4 members (excludes halogenated alkanes) is 35. The van der Waals surface area contributed by atoms with Gasteiger partial charge in [0, 0.05) is 19.3 Å². The van der Waals surface area contributed by atoms with E-state index in [1.54, 1.807) is 0 Å². The maximum atomic E-state index is 12.8. The summed E-state index contributed by atoms with van der Waals surface area (Å²) in [6.45, 7) is 6.63. The Morgan fingerprint density at radius 3 is 0.892 bits per heavy atom. The van der Waals surface area contributed by atoms with E-state index in [-0.39, 0.29) is 31.1 Å². The molecule has 0 radical (unpaired) electrons. The topological polar surface area (TPSA) is 78.9 Å². The van der Waals surface area contributed by atoms with Gasteiger partial charge >= 0.3 is 17.9 Å². The zero-order chi connectivity index (χ0) is 47.2. The van der Waals surface area contributed by atoms with Gasteiger partial charge in [-0.1, -0.05) is 243 Å². The van der Waals surface area contributed by atoms with E-state index in [0.717, 1.165) is 64.2 Å². The lowest BCUT2D eigenvalue weighted by atomic mass is 10.1. The Bertz CT molecular complexity index is 1090. The number of ether oxygens (including phenoxy) is 3. The van der Waals surface area contributed by atoms with Crippen LogP contribution >= 0.6 is 0 Å². The third-order valence-corrected chi connectivity index (χ3v) is 12.6. The van der Waals surface area contributed by atoms with Crippen molar-refractivity contribution in [3.05, 3.63) is 36.5 Å². The SMILES string of the molecule is CCCCC/C=C\C/C=C\CCCCCCCCCCCC(=O)OC[C@H](COC(=O)CCCCCCCCCCCCC)OC(=O)CCCCCCCCC/C=C\CCCCCCCC. The van der Waals surface area contributed by atoms with Crippen molar-refractivity contribution >= 4 is 17.9 Å². The molecule has 0 bridgehead atoms. The minimum atomic E-state index is -0.772. The van der Waals surface area contributed by atoms with Crippen LogP contribution in [-0.4, -0.2) is 37.2 Å². The molecule has 0 heterocycles. The largest absolute Gasteiger partial charge is 0.462 e. The summed E-state index contributed by atoms with van der Waals surface area (Å²) >= 11 is 0. The number of allylic oxidation sites excluding steroid dienone is 6. The normalized spacial score (nSPS) is 12.2. The van der Waals surface area contributed by atoms with Crippen LogP contribution in [0.2, 0.25) is 0 Å². The molecule has 0 saturated carbocycles. The summed E-state index contributed by atoms with van der Waals surface area (Å²) in [5.41, 5.74) is 0. The second-order valence-electron chi connectivity index (χ2n) is 19.2. The Balaban J connectivity index is 4.31. The highest BCUT2D eigenvalue weighted by molar-refractivity contribution is 5.71. The van der Waals surface area contributed by atoms with Crippen LogP contribution in [0.1, 0.15) is 303 Å². The van der Waals surface area contributed by atoms with Crippen molar-refractivity contribution in [1.29, 1.82) is 0 Å². The second-order valence-corrected chi connectivity index (χ2v) is 19.2. The van der Waals surface area contributed by atoms with Crippen LogP contribution in [0.3, 0.4) is 0 Å². The van der Waals surface area contributed by atoms with Crippen LogP contribution in [0.25, 0.3) is 0 Å². The Kier molecular flexibility index (Phi) is 52.3. The minimum Gasteiger partial charge on any atom is -0.462 e. The summed E-state index contributed by atoms with van der Waals surface area (Å²) < 4.78 is 16.9. The highest BCUT2D eigenvalue weighted by atomic mass is 16.6. The molecule has 0 aromatic heterocycles. The Morgan fingerprint density at radius 2 is 0.554 bits per heavy atom. The summed E-state index contributed by atoms with van der Waals surface area (Å²) in [5.74, 6) is -0.866. The fourth-order valence-electron chi connectivity index (χ4n) is 8.29. The van der Waals surface area contributed by atoms with E-state index in [2.05, 4.69) is 57.2 Å². The quantitative estimate of drug-likeness (QED) is 0.0262. The van der Waals surface area contributed by atoms with Crippen molar-refractivity contribution in [3.63, 3.8) is 0 Å². The molecule has 0 aliphatic rings. The summed E-state index contributed by atoms with van der Waals surface area (Å²) in [5, 5.41) is 0. The maximum Gasteiger partial charge on any atom is 0.306 e. The van der Waals surface area contributed by atoms with E-state index in [1.807, 2.05) is 0 Å². The van der Waals surface area contributed by atoms with Gasteiger partial charge in [0.2, 0.25) is 0 Å². The van der Waals surface area contributed by atoms with E-state index >= 15 is 0 Å². The van der Waals surface area contributed by atoms with Crippen molar-refractivity contribution in [2.75, 3.05) is 13.2 Å². The maximum absolute atomic E-state index is 12.8. The predicted molar refractivity (Wildman–Crippen MR) is 279 cm³/mol. The van der Waals surface area contributed by atoms with E-state index in [9.17, 15) is 14.4 Å². The second kappa shape index (κ2) is 54.2. The molecule has 0 rings (SSSR count). The first-order valence-corrected chi connectivity index (χ1v) is 28.5. The van der Waals surface area contributed by atoms with Gasteiger partial charge in [-0.05, 0) is 77.0 Å². The third kappa shape index (κ3) is 52.5. The molecule has 6 heteroatoms. The fraction of sp³-hybridized carbons (Fsp3) is 0.847. The number of esters is 3. The first-order chi connectivity index (χ1) is 32.0. The monoisotopic (exact) mass is 913 g/mol. The number of rotatable bonds is 52. The van der Waals surface area contributed by atoms with Crippen LogP contribution in [0, 0.1) is 0 Å². The van der Waals surface area contributed by atoms with Crippen molar-refractivity contribution < 1.29 is 28.6 Å². The van der Waals surface area contributed by atoms with Gasteiger partial charge in [-0.2, -0.15) is 0 Å². The predicted octanol–water partition coefficient (Wildman–Crippen LogP) is 18.9. The van der Waals surface area contributed by atoms with Crippen LogP contribution < -0.4 is 0 Å². The Labute approximate surface area is 404 Å². The molecule has 0 aromatic carbocycles. The van der Waals surface area contributed by atoms with Gasteiger partial charge in [0.15, 0.2) is 6.10 Å². The Hall–Kier alpha value is -2.37. The third-order valence-electron chi connectivity index (χ3n) is 12.6. The first kappa shape index (κ1) is 62.6. The van der Waals surface area contributed by atoms with Gasteiger partial charge in [-0.15, -0.1) is 0 Å². The molecular weight excluding hydrogens is 805 g/mol. The zero-order valence-electron chi connectivity index (χ0n) is 43.5. The molecule has 0 fully saturated rings. The van der Waals surface area contributed by atoms with Crippen LogP contribution in [0.15, 0.2) is 36.5 Å². The molecule has 0 saturated heterocycles. The van der Waals surface area contributed by atoms with Crippen molar-refractivity contribution in [3.8, 4) is 0 Å². The first-order valence-electron chi connectivity index (χ1n) is 28.5. The lowest BCUT2D eigenvalue weighted by Crippen LogP contribution is -2.30. The number of carbonyl (C=O) groups excluding carboxylic acids is 3. The van der Waals surface area contributed by atoms with Crippen molar-refractivity contribution in [2.45, 2.75) is 309 Å². The zero-order valence-corrected chi connectivity index (χ0v) is 43.5. The number of hydrogen-bond acceptors (Lipinski definition) is 6. The van der Waals surface area contributed by atoms with Gasteiger partial charge in [0.1, 0.15) is 13.2 Å². The molecule has 6 nitrogen and oxygen atoms in total. The molecule has 65 heavy (non-hydrogen) atoms. The molecule has 380 valence electrons. The van der Waals surface area contributed by atoms with Gasteiger partial charge in [-0.25, -0.2) is 0 Å². The molecule has 0 aliphatic carbocycles. The number of carbonyl (C=O) groups is 3. The molecule has 0 spiro atoms. The molecule has 0 N–H and O–H groups in total. The summed E-state index contributed by atoms with van der Waals surface area (Å²) in [6.07, 6.45) is 64.1. The summed E-state index contributed by atoms with van der Waals surface area (Å²) in [6, 6.07) is 0. The molecule has 1 atom stereocenters. The molecule has 0 amide bonds. The highest BCUT2D eigenvalue weighted by Crippen LogP contribution is 2.16. The average Bonchev–Trinajstić information content (AvgIpc) is 3.30. The van der Waals surface area contributed by atoms with Crippen molar-refractivity contribution in [2.24, 2.45) is 0 Å². The van der Waals surface area contributed by atoms with Crippen LogP contribution in [0.5, 0.6) is 0 Å². The fourth-order valence-corrected chi connectivity index (χ4v) is 8.29. The molecule has 0 aromatic rings. The lowest BCUT2D eigenvalue weighted by molar-refractivity contribution is -0.167. The van der Waals surface area contributed by atoms with Crippen LogP contribution in [0.4, 0.5) is 0 Å². The standard InChI is InChI=1S/C59H108O6/c1-4-7-10-13-16-19-22-24-26-28-29-31-32-34-37-40-43-46-49-52-58(61)64-55-56(54-63-57(60)51-48-45-42-39-36-21-18-15-12-9-6-3)65-59(62)53-50-47-44-41-38-35-33-30-27-25-23-20-17-14-11-8-5-2/h16,19,24-27,56H,4-15,17-18,20-23,28-55H2,1-3H3/b19-16-,26-24-,27-25-/t56-/m0/s1. The Morgan fingerprint density at radius 1 is 0.308 bits per heavy atom. The number of hydrogen-bond donors (Lipinski definition) is 0. The van der Waals surface area contributed by atoms with Crippen molar-refractivity contribution in [1.82, 2.24) is 0 Å². The smallest absolute Gasteiger partial charge is 0.306 e. The molecule has 0 unspecified atom stereocenters. The van der Waals surface area contributed by atoms with Crippen LogP contribution in [-0.2, 0) is 28.6 Å². The highest BCUT2D eigenvalue weighted by Gasteiger charge is 2.19. The summed E-state index contributed by atoms with van der Waals surface area (Å²) in [4.78, 5) is 38.1. The summed E-state index contributed by atoms with van der Waals surface area (Å²) in [7, 11) is 0. The lowest BCUT2D eigenvalue weighted by Gasteiger charge is -2.18. The molecular formula is C59H108O6. The minimum absolute atomic E-state index is 0.0718. The molecule has 0 aliphatic heterocycles. The van der Waals surface area contributed by atoms with E-state index in [0.29, 0.717) is 19.3 Å². The van der Waals surface area contributed by atoms with Gasteiger partial charge < -0.3 is 14.2 Å². The van der Waals surface area contributed by atoms with Gasteiger partial charge in [-0.3, -0.25) is 14.4 Å². The van der Waals surface area contributed by atoms with E-state index in [1.165, 1.54) is 199 Å².